The Labute approximate surface area is 135 Å². The van der Waals surface area contributed by atoms with Gasteiger partial charge in [-0.25, -0.2) is 9.59 Å². The van der Waals surface area contributed by atoms with Gasteiger partial charge in [-0.1, -0.05) is 6.07 Å². The Bertz CT molecular complexity index is 605. The van der Waals surface area contributed by atoms with Crippen LogP contribution in [0.15, 0.2) is 18.2 Å². The standard InChI is InChI=1S/C17H23NO5/c1-5-22-15(20)10-6-7-12-11(8-10)9-13(19)14(12)18-16(21)23-17(2,3)4/h6-8,13-14,19H,5,9H2,1-4H3,(H,18,21)/t13-,14-/m1/s1. The lowest BCUT2D eigenvalue weighted by molar-refractivity contribution is 0.0437. The van der Waals surface area contributed by atoms with Crippen molar-refractivity contribution in [1.82, 2.24) is 5.32 Å². The van der Waals surface area contributed by atoms with E-state index < -0.39 is 29.8 Å². The summed E-state index contributed by atoms with van der Waals surface area (Å²) < 4.78 is 10.2. The van der Waals surface area contributed by atoms with Crippen LogP contribution in [0.1, 0.15) is 55.2 Å². The van der Waals surface area contributed by atoms with Crippen LogP contribution >= 0.6 is 0 Å². The minimum Gasteiger partial charge on any atom is -0.462 e. The van der Waals surface area contributed by atoms with Gasteiger partial charge in [-0.2, -0.15) is 0 Å². The zero-order valence-electron chi connectivity index (χ0n) is 13.9. The highest BCUT2D eigenvalue weighted by molar-refractivity contribution is 5.89. The van der Waals surface area contributed by atoms with E-state index in [2.05, 4.69) is 5.32 Å². The van der Waals surface area contributed by atoms with E-state index in [-0.39, 0.29) is 0 Å². The maximum absolute atomic E-state index is 11.9. The molecule has 0 spiro atoms. The van der Waals surface area contributed by atoms with Crippen LogP contribution in [0.25, 0.3) is 0 Å². The molecule has 2 N–H and O–H groups in total. The summed E-state index contributed by atoms with van der Waals surface area (Å²) in [6.07, 6.45) is -0.970. The Morgan fingerprint density at radius 1 is 1.35 bits per heavy atom. The third kappa shape index (κ3) is 4.22. The van der Waals surface area contributed by atoms with Crippen molar-refractivity contribution in [3.8, 4) is 0 Å². The molecule has 126 valence electrons. The second kappa shape index (κ2) is 6.58. The van der Waals surface area contributed by atoms with E-state index in [0.29, 0.717) is 18.6 Å². The fourth-order valence-corrected chi connectivity index (χ4v) is 2.59. The van der Waals surface area contributed by atoms with Crippen molar-refractivity contribution >= 4 is 12.1 Å². The number of ether oxygens (including phenoxy) is 2. The molecule has 0 bridgehead atoms. The van der Waals surface area contributed by atoms with Gasteiger partial charge in [0.1, 0.15) is 5.60 Å². The number of alkyl carbamates (subject to hydrolysis) is 1. The normalized spacial score (nSPS) is 19.9. The van der Waals surface area contributed by atoms with Gasteiger partial charge in [-0.05, 0) is 51.0 Å². The van der Waals surface area contributed by atoms with E-state index >= 15 is 0 Å². The van der Waals surface area contributed by atoms with Crippen LogP contribution in [0.4, 0.5) is 4.79 Å². The number of hydrogen-bond acceptors (Lipinski definition) is 5. The van der Waals surface area contributed by atoms with Gasteiger partial charge in [0.25, 0.3) is 0 Å². The number of esters is 1. The van der Waals surface area contributed by atoms with E-state index in [1.165, 1.54) is 0 Å². The lowest BCUT2D eigenvalue weighted by Gasteiger charge is -2.23. The topological polar surface area (TPSA) is 84.9 Å². The van der Waals surface area contributed by atoms with Crippen molar-refractivity contribution in [1.29, 1.82) is 0 Å². The minimum absolute atomic E-state index is 0.307. The van der Waals surface area contributed by atoms with E-state index in [4.69, 9.17) is 9.47 Å². The predicted octanol–water partition coefficient (Wildman–Crippen LogP) is 2.35. The quantitative estimate of drug-likeness (QED) is 0.835. The fourth-order valence-electron chi connectivity index (χ4n) is 2.59. The molecule has 23 heavy (non-hydrogen) atoms. The molecule has 1 aromatic rings. The van der Waals surface area contributed by atoms with Crippen LogP contribution < -0.4 is 5.32 Å². The van der Waals surface area contributed by atoms with Gasteiger partial charge in [0.2, 0.25) is 0 Å². The molecule has 0 saturated carbocycles. The second-order valence-electron chi connectivity index (χ2n) is 6.53. The van der Waals surface area contributed by atoms with Gasteiger partial charge in [-0.3, -0.25) is 0 Å². The van der Waals surface area contributed by atoms with Gasteiger partial charge in [0.05, 0.1) is 24.3 Å². The lowest BCUT2D eigenvalue weighted by atomic mass is 10.0. The van der Waals surface area contributed by atoms with Crippen molar-refractivity contribution in [3.05, 3.63) is 34.9 Å². The van der Waals surface area contributed by atoms with E-state index in [1.807, 2.05) is 0 Å². The van der Waals surface area contributed by atoms with Crippen LogP contribution in [-0.4, -0.2) is 35.5 Å². The molecule has 6 nitrogen and oxygen atoms in total. The molecule has 0 heterocycles. The van der Waals surface area contributed by atoms with Gasteiger partial charge in [-0.15, -0.1) is 0 Å². The Kier molecular flexibility index (Phi) is 4.94. The first kappa shape index (κ1) is 17.3. The Balaban J connectivity index is 2.15. The zero-order chi connectivity index (χ0) is 17.2. The van der Waals surface area contributed by atoms with E-state index in [0.717, 1.165) is 11.1 Å². The number of aliphatic hydroxyl groups excluding tert-OH is 1. The second-order valence-corrected chi connectivity index (χ2v) is 6.53. The third-order valence-electron chi connectivity index (χ3n) is 3.48. The molecule has 0 radical (unpaired) electrons. The molecule has 1 amide bonds. The molecule has 0 fully saturated rings. The summed E-state index contributed by atoms with van der Waals surface area (Å²) >= 11 is 0. The Morgan fingerprint density at radius 2 is 2.04 bits per heavy atom. The summed E-state index contributed by atoms with van der Waals surface area (Å²) in [6, 6.07) is 4.53. The average molecular weight is 321 g/mol. The summed E-state index contributed by atoms with van der Waals surface area (Å²) in [5, 5.41) is 12.9. The molecule has 1 aliphatic carbocycles. The monoisotopic (exact) mass is 321 g/mol. The van der Waals surface area contributed by atoms with Crippen LogP contribution in [-0.2, 0) is 15.9 Å². The summed E-state index contributed by atoms with van der Waals surface area (Å²) in [7, 11) is 0. The van der Waals surface area contributed by atoms with Crippen LogP contribution in [0.3, 0.4) is 0 Å². The van der Waals surface area contributed by atoms with Crippen molar-refractivity contribution in [2.24, 2.45) is 0 Å². The number of carbonyl (C=O) groups is 2. The number of fused-ring (bicyclic) bond motifs is 1. The van der Waals surface area contributed by atoms with Crippen molar-refractivity contribution in [2.45, 2.75) is 51.9 Å². The first-order valence-electron chi connectivity index (χ1n) is 7.69. The number of amides is 1. The Morgan fingerprint density at radius 3 is 2.65 bits per heavy atom. The summed E-state index contributed by atoms with van der Waals surface area (Å²) in [6.45, 7) is 7.38. The maximum atomic E-state index is 11.9. The molecule has 0 unspecified atom stereocenters. The molecule has 0 saturated heterocycles. The fraction of sp³-hybridized carbons (Fsp3) is 0.529. The number of hydrogen-bond donors (Lipinski definition) is 2. The average Bonchev–Trinajstić information content (AvgIpc) is 2.72. The van der Waals surface area contributed by atoms with Gasteiger partial charge >= 0.3 is 12.1 Å². The maximum Gasteiger partial charge on any atom is 0.408 e. The Hall–Kier alpha value is -2.08. The van der Waals surface area contributed by atoms with Gasteiger partial charge < -0.3 is 19.9 Å². The molecule has 0 aromatic heterocycles. The zero-order valence-corrected chi connectivity index (χ0v) is 13.9. The number of rotatable bonds is 3. The van der Waals surface area contributed by atoms with Gasteiger partial charge in [0, 0.05) is 6.42 Å². The molecule has 1 aromatic carbocycles. The summed E-state index contributed by atoms with van der Waals surface area (Å²) in [4.78, 5) is 23.7. The van der Waals surface area contributed by atoms with Gasteiger partial charge in [0.15, 0.2) is 0 Å². The van der Waals surface area contributed by atoms with Crippen LogP contribution in [0.2, 0.25) is 0 Å². The molecular weight excluding hydrogens is 298 g/mol. The van der Waals surface area contributed by atoms with E-state index in [9.17, 15) is 14.7 Å². The smallest absolute Gasteiger partial charge is 0.408 e. The number of benzene rings is 1. The SMILES string of the molecule is CCOC(=O)c1ccc2c(c1)C[C@@H](O)[C@@H]2NC(=O)OC(C)(C)C. The molecule has 1 aliphatic rings. The molecule has 6 heteroatoms. The minimum atomic E-state index is -0.755. The highest BCUT2D eigenvalue weighted by atomic mass is 16.6. The van der Waals surface area contributed by atoms with Crippen molar-refractivity contribution < 1.29 is 24.2 Å². The van der Waals surface area contributed by atoms with Crippen molar-refractivity contribution in [3.63, 3.8) is 0 Å². The first-order valence-corrected chi connectivity index (χ1v) is 7.69. The predicted molar refractivity (Wildman–Crippen MR) is 84.2 cm³/mol. The number of nitrogens with one attached hydrogen (secondary N) is 1. The molecule has 0 aliphatic heterocycles. The largest absolute Gasteiger partial charge is 0.462 e. The van der Waals surface area contributed by atoms with Crippen LogP contribution in [0.5, 0.6) is 0 Å². The van der Waals surface area contributed by atoms with E-state index in [1.54, 1.807) is 45.9 Å². The van der Waals surface area contributed by atoms with Crippen LogP contribution in [0, 0.1) is 0 Å². The lowest BCUT2D eigenvalue weighted by Crippen LogP contribution is -2.38. The number of carbonyl (C=O) groups excluding carboxylic acids is 2. The summed E-state index contributed by atoms with van der Waals surface area (Å²) in [5.41, 5.74) is 1.45. The summed E-state index contributed by atoms with van der Waals surface area (Å²) in [5.74, 6) is -0.395. The molecule has 2 rings (SSSR count). The third-order valence-corrected chi connectivity index (χ3v) is 3.48. The highest BCUT2D eigenvalue weighted by Gasteiger charge is 2.34. The molecule has 2 atom stereocenters. The molecular formula is C17H23NO5. The number of aliphatic hydroxyl groups is 1. The van der Waals surface area contributed by atoms with Crippen molar-refractivity contribution in [2.75, 3.05) is 6.61 Å². The highest BCUT2D eigenvalue weighted by Crippen LogP contribution is 2.32. The first-order chi connectivity index (χ1) is 10.7.